The summed E-state index contributed by atoms with van der Waals surface area (Å²) < 4.78 is 7.65. The molecule has 2 rings (SSSR count). The van der Waals surface area contributed by atoms with Crippen LogP contribution >= 0.6 is 0 Å². The first kappa shape index (κ1) is 12.2. The molecule has 1 heterocycles. The van der Waals surface area contributed by atoms with Gasteiger partial charge in [0, 0.05) is 18.8 Å². The molecule has 0 N–H and O–H groups in total. The average Bonchev–Trinajstić information content (AvgIpc) is 2.65. The van der Waals surface area contributed by atoms with Gasteiger partial charge in [0.2, 0.25) is 5.91 Å². The number of aromatic nitrogens is 2. The predicted octanol–water partition coefficient (Wildman–Crippen LogP) is 1.62. The molecule has 1 aromatic heterocycles. The number of hydrogen-bond donors (Lipinski definition) is 0. The Labute approximate surface area is 104 Å². The summed E-state index contributed by atoms with van der Waals surface area (Å²) in [6.07, 6.45) is 1.54. The van der Waals surface area contributed by atoms with Gasteiger partial charge in [-0.05, 0) is 31.2 Å². The molecule has 0 bridgehead atoms. The zero-order valence-corrected chi connectivity index (χ0v) is 10.5. The van der Waals surface area contributed by atoms with Gasteiger partial charge >= 0.3 is 5.69 Å². The molecule has 0 aliphatic heterocycles. The van der Waals surface area contributed by atoms with Gasteiger partial charge in [-0.2, -0.15) is 0 Å². The predicted molar refractivity (Wildman–Crippen MR) is 67.6 cm³/mol. The monoisotopic (exact) mass is 246 g/mol. The smallest absolute Gasteiger partial charge is 0.339 e. The molecule has 0 radical (unpaired) electrons. The van der Waals surface area contributed by atoms with Crippen molar-refractivity contribution in [2.75, 3.05) is 7.11 Å². The quantitative estimate of drug-likeness (QED) is 0.809. The molecule has 18 heavy (non-hydrogen) atoms. The van der Waals surface area contributed by atoms with E-state index in [9.17, 15) is 9.59 Å². The number of carbonyl (C=O) groups is 1. The van der Waals surface area contributed by atoms with Crippen LogP contribution in [0.5, 0.6) is 5.75 Å². The lowest BCUT2D eigenvalue weighted by Crippen LogP contribution is -2.26. The minimum absolute atomic E-state index is 0.296. The molecule has 0 saturated carbocycles. The highest BCUT2D eigenvalue weighted by atomic mass is 16.5. The van der Waals surface area contributed by atoms with Gasteiger partial charge in [-0.3, -0.25) is 9.36 Å². The van der Waals surface area contributed by atoms with E-state index in [-0.39, 0.29) is 11.6 Å². The molecular formula is C13H14N2O3. The van der Waals surface area contributed by atoms with Gasteiger partial charge in [-0.25, -0.2) is 9.36 Å². The summed E-state index contributed by atoms with van der Waals surface area (Å²) in [6, 6.07) is 7.09. The lowest BCUT2D eigenvalue weighted by Gasteiger charge is -2.05. The van der Waals surface area contributed by atoms with Crippen LogP contribution in [-0.2, 0) is 0 Å². The number of imidazole rings is 1. The highest BCUT2D eigenvalue weighted by Gasteiger charge is 2.12. The average molecular weight is 246 g/mol. The van der Waals surface area contributed by atoms with E-state index in [1.54, 1.807) is 38.3 Å². The van der Waals surface area contributed by atoms with Crippen LogP contribution in [0.15, 0.2) is 35.3 Å². The molecule has 2 aromatic rings. The number of rotatable bonds is 2. The van der Waals surface area contributed by atoms with Crippen molar-refractivity contribution >= 4 is 5.91 Å². The van der Waals surface area contributed by atoms with E-state index in [1.807, 2.05) is 0 Å². The minimum atomic E-state index is -0.356. The van der Waals surface area contributed by atoms with Gasteiger partial charge in [0.15, 0.2) is 0 Å². The summed E-state index contributed by atoms with van der Waals surface area (Å²) in [6.45, 7) is 3.14. The second kappa shape index (κ2) is 4.52. The summed E-state index contributed by atoms with van der Waals surface area (Å²) in [5.74, 6) is 0.422. The number of benzene rings is 1. The number of ether oxygens (including phenoxy) is 1. The fourth-order valence-corrected chi connectivity index (χ4v) is 1.83. The SMILES string of the molecule is COc1ccc(-n2c(C)cn(C(C)=O)c2=O)cc1. The Morgan fingerprint density at radius 1 is 1.22 bits per heavy atom. The van der Waals surface area contributed by atoms with Crippen molar-refractivity contribution in [2.24, 2.45) is 0 Å². The van der Waals surface area contributed by atoms with Crippen molar-refractivity contribution in [3.8, 4) is 11.4 Å². The van der Waals surface area contributed by atoms with E-state index < -0.39 is 0 Å². The topological polar surface area (TPSA) is 53.2 Å². The lowest BCUT2D eigenvalue weighted by molar-refractivity contribution is 0.0932. The first-order valence-corrected chi connectivity index (χ1v) is 5.51. The number of nitrogens with zero attached hydrogens (tertiary/aromatic N) is 2. The van der Waals surface area contributed by atoms with Crippen molar-refractivity contribution in [3.63, 3.8) is 0 Å². The third-order valence-corrected chi connectivity index (χ3v) is 2.74. The van der Waals surface area contributed by atoms with Crippen LogP contribution in [0.3, 0.4) is 0 Å². The van der Waals surface area contributed by atoms with Crippen LogP contribution in [0.1, 0.15) is 17.4 Å². The van der Waals surface area contributed by atoms with Crippen molar-refractivity contribution in [1.29, 1.82) is 0 Å². The van der Waals surface area contributed by atoms with E-state index in [0.29, 0.717) is 11.4 Å². The first-order valence-electron chi connectivity index (χ1n) is 5.51. The Kier molecular flexibility index (Phi) is 3.06. The highest BCUT2D eigenvalue weighted by molar-refractivity contribution is 5.76. The van der Waals surface area contributed by atoms with E-state index in [0.717, 1.165) is 10.3 Å². The maximum atomic E-state index is 12.1. The lowest BCUT2D eigenvalue weighted by atomic mass is 10.3. The number of aryl methyl sites for hydroxylation is 1. The molecule has 0 spiro atoms. The number of hydrogen-bond acceptors (Lipinski definition) is 3. The van der Waals surface area contributed by atoms with Crippen molar-refractivity contribution < 1.29 is 9.53 Å². The molecule has 0 fully saturated rings. The zero-order chi connectivity index (χ0) is 13.3. The van der Waals surface area contributed by atoms with E-state index in [4.69, 9.17) is 4.74 Å². The van der Waals surface area contributed by atoms with Gasteiger partial charge in [0.25, 0.3) is 0 Å². The summed E-state index contributed by atoms with van der Waals surface area (Å²) in [5, 5.41) is 0. The summed E-state index contributed by atoms with van der Waals surface area (Å²) in [4.78, 5) is 23.4. The summed E-state index contributed by atoms with van der Waals surface area (Å²) >= 11 is 0. The molecule has 1 aromatic carbocycles. The fourth-order valence-electron chi connectivity index (χ4n) is 1.83. The van der Waals surface area contributed by atoms with Gasteiger partial charge in [-0.1, -0.05) is 0 Å². The molecule has 0 unspecified atom stereocenters. The van der Waals surface area contributed by atoms with Crippen LogP contribution in [0.25, 0.3) is 5.69 Å². The molecule has 94 valence electrons. The Bertz CT molecular complexity index is 635. The molecule has 5 heteroatoms. The number of carbonyl (C=O) groups excluding carboxylic acids is 1. The second-order valence-electron chi connectivity index (χ2n) is 3.98. The maximum absolute atomic E-state index is 12.1. The third kappa shape index (κ3) is 1.95. The van der Waals surface area contributed by atoms with E-state index in [2.05, 4.69) is 0 Å². The van der Waals surface area contributed by atoms with Gasteiger partial charge < -0.3 is 4.74 Å². The van der Waals surface area contributed by atoms with Crippen molar-refractivity contribution in [3.05, 3.63) is 46.6 Å². The molecule has 0 aliphatic carbocycles. The molecular weight excluding hydrogens is 232 g/mol. The van der Waals surface area contributed by atoms with E-state index in [1.165, 1.54) is 17.7 Å². The maximum Gasteiger partial charge on any atom is 0.339 e. The summed E-state index contributed by atoms with van der Waals surface area (Å²) in [5.41, 5.74) is 1.06. The largest absolute Gasteiger partial charge is 0.497 e. The van der Waals surface area contributed by atoms with Crippen molar-refractivity contribution in [2.45, 2.75) is 13.8 Å². The number of methoxy groups -OCH3 is 1. The molecule has 0 amide bonds. The van der Waals surface area contributed by atoms with Gasteiger partial charge in [0.05, 0.1) is 12.8 Å². The fraction of sp³-hybridized carbons (Fsp3) is 0.231. The molecule has 5 nitrogen and oxygen atoms in total. The summed E-state index contributed by atoms with van der Waals surface area (Å²) in [7, 11) is 1.58. The standard InChI is InChI=1S/C13H14N2O3/c1-9-8-14(10(2)16)13(17)15(9)11-4-6-12(18-3)7-5-11/h4-8H,1-3H3. The molecule has 0 saturated heterocycles. The van der Waals surface area contributed by atoms with Gasteiger partial charge in [0.1, 0.15) is 5.75 Å². The third-order valence-electron chi connectivity index (χ3n) is 2.74. The Balaban J connectivity index is 2.56. The Morgan fingerprint density at radius 3 is 2.28 bits per heavy atom. The normalized spacial score (nSPS) is 10.4. The van der Waals surface area contributed by atoms with Crippen LogP contribution in [0.2, 0.25) is 0 Å². The minimum Gasteiger partial charge on any atom is -0.497 e. The Hall–Kier alpha value is -2.30. The second-order valence-corrected chi connectivity index (χ2v) is 3.98. The molecule has 0 atom stereocenters. The van der Waals surface area contributed by atoms with Gasteiger partial charge in [-0.15, -0.1) is 0 Å². The van der Waals surface area contributed by atoms with Crippen LogP contribution < -0.4 is 10.4 Å². The highest BCUT2D eigenvalue weighted by Crippen LogP contribution is 2.15. The van der Waals surface area contributed by atoms with Crippen LogP contribution in [0, 0.1) is 6.92 Å². The van der Waals surface area contributed by atoms with Crippen molar-refractivity contribution in [1.82, 2.24) is 9.13 Å². The zero-order valence-electron chi connectivity index (χ0n) is 10.5. The van der Waals surface area contributed by atoms with E-state index >= 15 is 0 Å². The van der Waals surface area contributed by atoms with Crippen LogP contribution in [0.4, 0.5) is 0 Å². The van der Waals surface area contributed by atoms with Crippen LogP contribution in [-0.4, -0.2) is 22.2 Å². The molecule has 0 aliphatic rings. The first-order chi connectivity index (χ1) is 8.54. The Morgan fingerprint density at radius 2 is 1.83 bits per heavy atom.